The van der Waals surface area contributed by atoms with Crippen LogP contribution >= 0.6 is 0 Å². The van der Waals surface area contributed by atoms with Crippen LogP contribution in [0, 0.1) is 0 Å². The fourth-order valence-electron chi connectivity index (χ4n) is 2.49. The zero-order valence-corrected chi connectivity index (χ0v) is 12.7. The van der Waals surface area contributed by atoms with E-state index in [9.17, 15) is 9.59 Å². The maximum atomic E-state index is 11.8. The van der Waals surface area contributed by atoms with Crippen LogP contribution in [-0.4, -0.2) is 54.2 Å². The summed E-state index contributed by atoms with van der Waals surface area (Å²) in [6, 6.07) is -1.19. The van der Waals surface area contributed by atoms with Gasteiger partial charge in [0.05, 0.1) is 0 Å². The third-order valence-corrected chi connectivity index (χ3v) is 4.26. The highest BCUT2D eigenvalue weighted by Gasteiger charge is 2.39. The van der Waals surface area contributed by atoms with Gasteiger partial charge in [-0.25, -0.2) is 9.59 Å². The third-order valence-electron chi connectivity index (χ3n) is 4.26. The number of aliphatic carboxylic acids is 1. The summed E-state index contributed by atoms with van der Waals surface area (Å²) in [5, 5.41) is 14.4. The van der Waals surface area contributed by atoms with Crippen LogP contribution in [0.4, 0.5) is 4.79 Å². The van der Waals surface area contributed by atoms with E-state index in [0.29, 0.717) is 13.0 Å². The lowest BCUT2D eigenvalue weighted by atomic mass is 9.75. The number of carbonyl (C=O) groups is 2. The molecule has 1 aliphatic rings. The van der Waals surface area contributed by atoms with Gasteiger partial charge in [-0.05, 0) is 39.8 Å². The number of unbranched alkanes of at least 4 members (excludes halogenated alkanes) is 1. The van der Waals surface area contributed by atoms with E-state index >= 15 is 0 Å². The molecule has 6 nitrogen and oxygen atoms in total. The highest BCUT2D eigenvalue weighted by molar-refractivity contribution is 5.82. The molecule has 6 heteroatoms. The van der Waals surface area contributed by atoms with Crippen molar-refractivity contribution in [1.29, 1.82) is 0 Å². The molecule has 0 saturated heterocycles. The van der Waals surface area contributed by atoms with Gasteiger partial charge in [0.25, 0.3) is 0 Å². The highest BCUT2D eigenvalue weighted by atomic mass is 16.4. The van der Waals surface area contributed by atoms with Crippen LogP contribution < -0.4 is 10.6 Å². The Bertz CT molecular complexity index is 341. The van der Waals surface area contributed by atoms with Gasteiger partial charge in [0.1, 0.15) is 6.04 Å². The van der Waals surface area contributed by atoms with Crippen LogP contribution in [0.3, 0.4) is 0 Å². The summed E-state index contributed by atoms with van der Waals surface area (Å²) >= 11 is 0. The predicted octanol–water partition coefficient (Wildman–Crippen LogP) is 1.41. The minimum absolute atomic E-state index is 0.0411. The average molecular weight is 285 g/mol. The number of rotatable bonds is 8. The Hall–Kier alpha value is -1.30. The first kappa shape index (κ1) is 16.8. The summed E-state index contributed by atoms with van der Waals surface area (Å²) in [5.41, 5.74) is 0.0411. The number of carboxylic acids is 1. The molecule has 1 fully saturated rings. The molecule has 0 unspecified atom stereocenters. The van der Waals surface area contributed by atoms with Crippen LogP contribution in [0.5, 0.6) is 0 Å². The van der Waals surface area contributed by atoms with Crippen LogP contribution in [0.25, 0.3) is 0 Å². The van der Waals surface area contributed by atoms with Crippen molar-refractivity contribution in [2.75, 3.05) is 20.6 Å². The van der Waals surface area contributed by atoms with E-state index < -0.39 is 12.0 Å². The van der Waals surface area contributed by atoms with Gasteiger partial charge in [-0.2, -0.15) is 0 Å². The van der Waals surface area contributed by atoms with Crippen LogP contribution in [-0.2, 0) is 4.79 Å². The quantitative estimate of drug-likeness (QED) is 0.630. The number of carboxylic acid groups (broad SMARTS) is 1. The van der Waals surface area contributed by atoms with Crippen LogP contribution in [0.2, 0.25) is 0 Å². The second-order valence-electron chi connectivity index (χ2n) is 5.83. The molecular weight excluding hydrogens is 258 g/mol. The summed E-state index contributed by atoms with van der Waals surface area (Å²) in [4.78, 5) is 25.0. The molecular formula is C14H27N3O3. The highest BCUT2D eigenvalue weighted by Crippen LogP contribution is 2.35. The molecule has 0 aromatic carbocycles. The van der Waals surface area contributed by atoms with E-state index in [1.54, 1.807) is 0 Å². The summed E-state index contributed by atoms with van der Waals surface area (Å²) in [5.74, 6) is -0.973. The number of hydrogen-bond acceptors (Lipinski definition) is 3. The minimum atomic E-state index is -0.973. The van der Waals surface area contributed by atoms with Crippen molar-refractivity contribution in [2.45, 2.75) is 57.0 Å². The summed E-state index contributed by atoms with van der Waals surface area (Å²) < 4.78 is 0. The maximum absolute atomic E-state index is 11.8. The topological polar surface area (TPSA) is 81.7 Å². The molecule has 2 amide bonds. The number of likely N-dealkylation sites (N-methyl/N-ethyl adjacent to an activating group) is 1. The summed E-state index contributed by atoms with van der Waals surface area (Å²) in [6.45, 7) is 2.56. The molecule has 20 heavy (non-hydrogen) atoms. The minimum Gasteiger partial charge on any atom is -0.480 e. The number of hydrogen-bond donors (Lipinski definition) is 3. The fraction of sp³-hybridized carbons (Fsp3) is 0.857. The van der Waals surface area contributed by atoms with Crippen molar-refractivity contribution in [3.05, 3.63) is 0 Å². The number of amides is 2. The van der Waals surface area contributed by atoms with Gasteiger partial charge in [0, 0.05) is 12.1 Å². The molecule has 1 atom stereocenters. The molecule has 0 spiro atoms. The van der Waals surface area contributed by atoms with Crippen molar-refractivity contribution in [1.82, 2.24) is 15.5 Å². The number of nitrogens with zero attached hydrogens (tertiary/aromatic N) is 1. The van der Waals surface area contributed by atoms with E-state index in [0.717, 1.165) is 25.7 Å². The Labute approximate surface area is 120 Å². The first-order valence-electron chi connectivity index (χ1n) is 7.36. The smallest absolute Gasteiger partial charge is 0.326 e. The molecule has 1 saturated carbocycles. The third kappa shape index (κ3) is 4.37. The van der Waals surface area contributed by atoms with Gasteiger partial charge in [0.2, 0.25) is 0 Å². The largest absolute Gasteiger partial charge is 0.480 e. The van der Waals surface area contributed by atoms with Crippen LogP contribution in [0.15, 0.2) is 0 Å². The zero-order valence-electron chi connectivity index (χ0n) is 12.7. The normalized spacial score (nSPS) is 18.2. The zero-order chi connectivity index (χ0) is 15.2. The van der Waals surface area contributed by atoms with Crippen LogP contribution in [0.1, 0.15) is 45.4 Å². The summed E-state index contributed by atoms with van der Waals surface area (Å²) in [6.07, 6.45) is 5.49. The lowest BCUT2D eigenvalue weighted by Gasteiger charge is -2.47. The van der Waals surface area contributed by atoms with Crippen molar-refractivity contribution >= 4 is 12.0 Å². The molecule has 0 aromatic rings. The first-order chi connectivity index (χ1) is 9.41. The van der Waals surface area contributed by atoms with Crippen molar-refractivity contribution in [3.63, 3.8) is 0 Å². The second-order valence-corrected chi connectivity index (χ2v) is 5.83. The molecule has 3 N–H and O–H groups in total. The first-order valence-corrected chi connectivity index (χ1v) is 7.36. The molecule has 0 radical (unpaired) electrons. The SMILES string of the molecule is CCCC[C@H](NC(=O)NCC1(N(C)C)CCC1)C(=O)O. The number of urea groups is 1. The van der Waals surface area contributed by atoms with E-state index in [1.165, 1.54) is 6.42 Å². The molecule has 116 valence electrons. The van der Waals surface area contributed by atoms with E-state index in [2.05, 4.69) is 15.5 Å². The van der Waals surface area contributed by atoms with Gasteiger partial charge in [-0.3, -0.25) is 0 Å². The van der Waals surface area contributed by atoms with Crippen molar-refractivity contribution in [3.8, 4) is 0 Å². The van der Waals surface area contributed by atoms with E-state index in [-0.39, 0.29) is 11.6 Å². The average Bonchev–Trinajstić information content (AvgIpc) is 2.32. The molecule has 1 aliphatic carbocycles. The van der Waals surface area contributed by atoms with Crippen molar-refractivity contribution < 1.29 is 14.7 Å². The maximum Gasteiger partial charge on any atom is 0.326 e. The molecule has 0 aromatic heterocycles. The van der Waals surface area contributed by atoms with Gasteiger partial charge in [-0.1, -0.05) is 19.8 Å². The van der Waals surface area contributed by atoms with Crippen molar-refractivity contribution in [2.24, 2.45) is 0 Å². The molecule has 0 bridgehead atoms. The van der Waals surface area contributed by atoms with Gasteiger partial charge >= 0.3 is 12.0 Å². The predicted molar refractivity (Wildman–Crippen MR) is 77.8 cm³/mol. The fourth-order valence-corrected chi connectivity index (χ4v) is 2.49. The molecule has 0 aliphatic heterocycles. The lowest BCUT2D eigenvalue weighted by Crippen LogP contribution is -2.59. The van der Waals surface area contributed by atoms with E-state index in [4.69, 9.17) is 5.11 Å². The van der Waals surface area contributed by atoms with Gasteiger partial charge < -0.3 is 20.6 Å². The number of nitrogens with one attached hydrogen (secondary N) is 2. The molecule has 1 rings (SSSR count). The Morgan fingerprint density at radius 3 is 2.40 bits per heavy atom. The number of carbonyl (C=O) groups excluding carboxylic acids is 1. The lowest BCUT2D eigenvalue weighted by molar-refractivity contribution is -0.139. The van der Waals surface area contributed by atoms with E-state index in [1.807, 2.05) is 21.0 Å². The Morgan fingerprint density at radius 2 is 2.00 bits per heavy atom. The van der Waals surface area contributed by atoms with Gasteiger partial charge in [-0.15, -0.1) is 0 Å². The standard InChI is InChI=1S/C14H27N3O3/c1-4-5-7-11(12(18)19)16-13(20)15-10-14(17(2)3)8-6-9-14/h11H,4-10H2,1-3H3,(H,18,19)(H2,15,16,20)/t11-/m0/s1. The second kappa shape index (κ2) is 7.47. The summed E-state index contributed by atoms with van der Waals surface area (Å²) in [7, 11) is 4.03. The monoisotopic (exact) mass is 285 g/mol. The Kier molecular flexibility index (Phi) is 6.26. The Balaban J connectivity index is 2.39. The Morgan fingerprint density at radius 1 is 1.35 bits per heavy atom. The van der Waals surface area contributed by atoms with Gasteiger partial charge in [0.15, 0.2) is 0 Å². The molecule has 0 heterocycles.